The number of fused-ring (bicyclic) bond motifs is 1. The summed E-state index contributed by atoms with van der Waals surface area (Å²) in [4.78, 5) is 17.6. The molecule has 3 N–H and O–H groups in total. The lowest BCUT2D eigenvalue weighted by Gasteiger charge is -2.22. The number of benzene rings is 2. The highest BCUT2D eigenvalue weighted by Gasteiger charge is 2.17. The lowest BCUT2D eigenvalue weighted by atomic mass is 9.89. The zero-order valence-corrected chi connectivity index (χ0v) is 20.4. The molecule has 4 aromatic rings. The number of carbonyl (C=O) groups is 1. The van der Waals surface area contributed by atoms with Crippen molar-refractivity contribution in [3.63, 3.8) is 0 Å². The van der Waals surface area contributed by atoms with Crippen molar-refractivity contribution in [1.82, 2.24) is 19.9 Å². The van der Waals surface area contributed by atoms with Crippen molar-refractivity contribution >= 4 is 17.2 Å². The molecule has 1 aliphatic rings. The molecule has 36 heavy (non-hydrogen) atoms. The molecule has 1 saturated carbocycles. The summed E-state index contributed by atoms with van der Waals surface area (Å²) >= 11 is 0. The van der Waals surface area contributed by atoms with Crippen molar-refractivity contribution in [2.24, 2.45) is 5.92 Å². The standard InChI is InChI=1S/C29H33N5O2/c35-20-25(17-21-7-3-1-4-8-21)32-29(36)27-15-16-34-28(33-27)26(19-31-34)23-11-13-24(14-12-23)30-18-22-9-5-2-6-10-22/h1,3-4,7-8,11-16,19,22,25,30,35H,2,5-6,9-10,17-18,20H2,(H,32,36)/t25-/m0/s1. The van der Waals surface area contributed by atoms with E-state index in [2.05, 4.69) is 45.0 Å². The molecule has 2 aromatic carbocycles. The fourth-order valence-corrected chi connectivity index (χ4v) is 4.94. The number of carbonyl (C=O) groups excluding carboxylic acids is 1. The number of hydrogen-bond donors (Lipinski definition) is 3. The summed E-state index contributed by atoms with van der Waals surface area (Å²) < 4.78 is 1.68. The second kappa shape index (κ2) is 11.4. The van der Waals surface area contributed by atoms with Crippen molar-refractivity contribution in [1.29, 1.82) is 0 Å². The first-order chi connectivity index (χ1) is 17.7. The highest BCUT2D eigenvalue weighted by molar-refractivity contribution is 5.93. The molecule has 0 saturated heterocycles. The Balaban J connectivity index is 1.28. The number of nitrogens with zero attached hydrogens (tertiary/aromatic N) is 3. The Hall–Kier alpha value is -3.71. The molecule has 0 bridgehead atoms. The van der Waals surface area contributed by atoms with Gasteiger partial charge in [0.25, 0.3) is 5.91 Å². The number of rotatable bonds is 9. The van der Waals surface area contributed by atoms with E-state index in [9.17, 15) is 9.90 Å². The minimum absolute atomic E-state index is 0.151. The smallest absolute Gasteiger partial charge is 0.270 e. The molecule has 0 radical (unpaired) electrons. The van der Waals surface area contributed by atoms with Gasteiger partial charge in [-0.25, -0.2) is 9.50 Å². The largest absolute Gasteiger partial charge is 0.394 e. The van der Waals surface area contributed by atoms with Crippen LogP contribution in [-0.2, 0) is 6.42 Å². The van der Waals surface area contributed by atoms with Gasteiger partial charge in [-0.05, 0) is 54.5 Å². The normalized spacial score (nSPS) is 15.0. The van der Waals surface area contributed by atoms with E-state index in [0.29, 0.717) is 17.8 Å². The van der Waals surface area contributed by atoms with Gasteiger partial charge in [0.1, 0.15) is 5.69 Å². The molecule has 0 unspecified atom stereocenters. The quantitative estimate of drug-likeness (QED) is 0.320. The fraction of sp³-hybridized carbons (Fsp3) is 0.345. The molecule has 186 valence electrons. The van der Waals surface area contributed by atoms with Gasteiger partial charge in [-0.1, -0.05) is 61.7 Å². The molecule has 0 aliphatic heterocycles. The Labute approximate surface area is 211 Å². The van der Waals surface area contributed by atoms with Crippen LogP contribution < -0.4 is 10.6 Å². The third-order valence-electron chi connectivity index (χ3n) is 7.00. The SMILES string of the molecule is O=C(N[C@H](CO)Cc1ccccc1)c1ccn2ncc(-c3ccc(NCC4CCCCC4)cc3)c2n1. The number of aliphatic hydroxyl groups excluding tert-OH is 1. The predicted octanol–water partition coefficient (Wildman–Crippen LogP) is 4.72. The molecule has 1 atom stereocenters. The molecule has 1 fully saturated rings. The van der Waals surface area contributed by atoms with Gasteiger partial charge in [0.15, 0.2) is 5.65 Å². The van der Waals surface area contributed by atoms with Crippen LogP contribution in [0, 0.1) is 5.92 Å². The van der Waals surface area contributed by atoms with Crippen LogP contribution in [0.25, 0.3) is 16.8 Å². The third kappa shape index (κ3) is 5.74. The molecule has 5 rings (SSSR count). The minimum Gasteiger partial charge on any atom is -0.394 e. The highest BCUT2D eigenvalue weighted by Crippen LogP contribution is 2.27. The first kappa shape index (κ1) is 24.0. The Kier molecular flexibility index (Phi) is 7.57. The monoisotopic (exact) mass is 483 g/mol. The maximum absolute atomic E-state index is 12.9. The summed E-state index contributed by atoms with van der Waals surface area (Å²) in [7, 11) is 0. The fourth-order valence-electron chi connectivity index (χ4n) is 4.94. The first-order valence-corrected chi connectivity index (χ1v) is 12.8. The molecular weight excluding hydrogens is 450 g/mol. The van der Waals surface area contributed by atoms with Gasteiger partial charge < -0.3 is 15.7 Å². The van der Waals surface area contributed by atoms with Gasteiger partial charge >= 0.3 is 0 Å². The zero-order chi connectivity index (χ0) is 24.7. The van der Waals surface area contributed by atoms with E-state index in [0.717, 1.165) is 34.8 Å². The van der Waals surface area contributed by atoms with Crippen molar-refractivity contribution in [2.45, 2.75) is 44.6 Å². The van der Waals surface area contributed by atoms with E-state index < -0.39 is 6.04 Å². The van der Waals surface area contributed by atoms with Crippen molar-refractivity contribution < 1.29 is 9.90 Å². The maximum atomic E-state index is 12.9. The molecular formula is C29H33N5O2. The summed E-state index contributed by atoms with van der Waals surface area (Å²) in [6, 6.07) is 19.4. The van der Waals surface area contributed by atoms with Gasteiger partial charge in [-0.3, -0.25) is 4.79 Å². The molecule has 2 heterocycles. The molecule has 0 spiro atoms. The van der Waals surface area contributed by atoms with E-state index in [-0.39, 0.29) is 12.5 Å². The number of nitrogens with one attached hydrogen (secondary N) is 2. The number of amides is 1. The van der Waals surface area contributed by atoms with Gasteiger partial charge in [-0.2, -0.15) is 5.10 Å². The molecule has 7 nitrogen and oxygen atoms in total. The van der Waals surface area contributed by atoms with Gasteiger partial charge in [0.2, 0.25) is 0 Å². The average Bonchev–Trinajstić information content (AvgIpc) is 3.36. The number of anilines is 1. The Bertz CT molecular complexity index is 1280. The highest BCUT2D eigenvalue weighted by atomic mass is 16.3. The van der Waals surface area contributed by atoms with E-state index in [1.165, 1.54) is 32.1 Å². The Morgan fingerprint density at radius 2 is 1.81 bits per heavy atom. The van der Waals surface area contributed by atoms with Crippen LogP contribution in [-0.4, -0.2) is 44.8 Å². The van der Waals surface area contributed by atoms with Crippen LogP contribution in [0.1, 0.15) is 48.2 Å². The maximum Gasteiger partial charge on any atom is 0.270 e. The Morgan fingerprint density at radius 3 is 2.56 bits per heavy atom. The predicted molar refractivity (Wildman–Crippen MR) is 142 cm³/mol. The summed E-state index contributed by atoms with van der Waals surface area (Å²) in [5.74, 6) is 0.451. The van der Waals surface area contributed by atoms with Crippen LogP contribution in [0.4, 0.5) is 5.69 Å². The first-order valence-electron chi connectivity index (χ1n) is 12.8. The summed E-state index contributed by atoms with van der Waals surface area (Å²) in [5, 5.41) is 20.7. The topological polar surface area (TPSA) is 91.5 Å². The van der Waals surface area contributed by atoms with Crippen LogP contribution in [0.2, 0.25) is 0 Å². The van der Waals surface area contributed by atoms with Crippen molar-refractivity contribution in [2.75, 3.05) is 18.5 Å². The minimum atomic E-state index is -0.393. The molecule has 2 aromatic heterocycles. The van der Waals surface area contributed by atoms with E-state index in [1.807, 2.05) is 30.3 Å². The molecule has 1 amide bonds. The van der Waals surface area contributed by atoms with E-state index in [4.69, 9.17) is 0 Å². The molecule has 1 aliphatic carbocycles. The number of aliphatic hydroxyl groups is 1. The van der Waals surface area contributed by atoms with E-state index >= 15 is 0 Å². The van der Waals surface area contributed by atoms with Gasteiger partial charge in [0.05, 0.1) is 18.8 Å². The van der Waals surface area contributed by atoms with Crippen LogP contribution in [0.15, 0.2) is 73.1 Å². The summed E-state index contributed by atoms with van der Waals surface area (Å²) in [5.41, 5.74) is 4.94. The lowest BCUT2D eigenvalue weighted by molar-refractivity contribution is 0.0911. The lowest BCUT2D eigenvalue weighted by Crippen LogP contribution is -2.39. The van der Waals surface area contributed by atoms with Gasteiger partial charge in [-0.15, -0.1) is 0 Å². The summed E-state index contributed by atoms with van der Waals surface area (Å²) in [6.45, 7) is 0.872. The number of hydrogen-bond acceptors (Lipinski definition) is 5. The van der Waals surface area contributed by atoms with Crippen molar-refractivity contribution in [3.8, 4) is 11.1 Å². The van der Waals surface area contributed by atoms with E-state index in [1.54, 1.807) is 23.0 Å². The summed E-state index contributed by atoms with van der Waals surface area (Å²) in [6.07, 6.45) is 10.8. The molecule has 7 heteroatoms. The van der Waals surface area contributed by atoms with Gasteiger partial charge in [0, 0.05) is 24.0 Å². The van der Waals surface area contributed by atoms with Crippen LogP contribution >= 0.6 is 0 Å². The number of aromatic nitrogens is 3. The van der Waals surface area contributed by atoms with Crippen LogP contribution in [0.3, 0.4) is 0 Å². The van der Waals surface area contributed by atoms with Crippen molar-refractivity contribution in [3.05, 3.63) is 84.3 Å². The second-order valence-corrected chi connectivity index (χ2v) is 9.64. The van der Waals surface area contributed by atoms with Crippen LogP contribution in [0.5, 0.6) is 0 Å². The second-order valence-electron chi connectivity index (χ2n) is 9.64. The average molecular weight is 484 g/mol. The third-order valence-corrected chi connectivity index (χ3v) is 7.00. The Morgan fingerprint density at radius 1 is 1.03 bits per heavy atom. The zero-order valence-electron chi connectivity index (χ0n) is 20.4.